The second-order valence-corrected chi connectivity index (χ2v) is 9.93. The summed E-state index contributed by atoms with van der Waals surface area (Å²) in [5.41, 5.74) is 14.2. The topological polar surface area (TPSA) is 168 Å². The van der Waals surface area contributed by atoms with Gasteiger partial charge in [-0.15, -0.1) is 0 Å². The van der Waals surface area contributed by atoms with Crippen LogP contribution in [0.1, 0.15) is 6.92 Å². The monoisotopic (exact) mass is 574 g/mol. The Hall–Kier alpha value is -5.32. The number of rotatable bonds is 8. The molecular formula is C33H34N8O2. The minimum absolute atomic E-state index is 0.0160. The fourth-order valence-corrected chi connectivity index (χ4v) is 4.44. The molecule has 8 N–H and O–H groups in total. The maximum absolute atomic E-state index is 10.0. The van der Waals surface area contributed by atoms with Gasteiger partial charge in [0.15, 0.2) is 11.6 Å². The van der Waals surface area contributed by atoms with Gasteiger partial charge in [0, 0.05) is 36.4 Å². The first-order valence-electron chi connectivity index (χ1n) is 14.0. The minimum Gasteiger partial charge on any atom is -0.507 e. The zero-order chi connectivity index (χ0) is 30.2. The van der Waals surface area contributed by atoms with Gasteiger partial charge in [-0.05, 0) is 55.5 Å². The molecule has 0 fully saturated rings. The smallest absolute Gasteiger partial charge is 0.165 e. The zero-order valence-electron chi connectivity index (χ0n) is 23.8. The predicted octanol–water partition coefficient (Wildman–Crippen LogP) is 5.13. The average Bonchev–Trinajstić information content (AvgIpc) is 3.03. The van der Waals surface area contributed by atoms with Crippen molar-refractivity contribution < 1.29 is 10.2 Å². The lowest BCUT2D eigenvalue weighted by atomic mass is 10.1. The number of hydrogen-bond donors (Lipinski definition) is 6. The summed E-state index contributed by atoms with van der Waals surface area (Å²) < 4.78 is 0. The highest BCUT2D eigenvalue weighted by Gasteiger charge is 2.13. The highest BCUT2D eigenvalue weighted by Crippen LogP contribution is 2.31. The fraction of sp³-hybridized carbons (Fsp3) is 0.152. The van der Waals surface area contributed by atoms with Crippen molar-refractivity contribution in [2.45, 2.75) is 13.0 Å². The molecule has 6 rings (SSSR count). The van der Waals surface area contributed by atoms with Gasteiger partial charge in [0.25, 0.3) is 0 Å². The summed E-state index contributed by atoms with van der Waals surface area (Å²) in [6.07, 6.45) is 0. The molecule has 10 heteroatoms. The van der Waals surface area contributed by atoms with Gasteiger partial charge in [-0.1, -0.05) is 48.5 Å². The van der Waals surface area contributed by atoms with Crippen LogP contribution in [0, 0.1) is 0 Å². The van der Waals surface area contributed by atoms with Gasteiger partial charge in [-0.2, -0.15) is 0 Å². The first-order valence-corrected chi connectivity index (χ1v) is 14.0. The van der Waals surface area contributed by atoms with Crippen LogP contribution in [0.3, 0.4) is 0 Å². The van der Waals surface area contributed by atoms with E-state index in [9.17, 15) is 10.2 Å². The number of benzene rings is 4. The van der Waals surface area contributed by atoms with Crippen molar-refractivity contribution in [2.24, 2.45) is 11.5 Å². The Morgan fingerprint density at radius 3 is 1.53 bits per heavy atom. The molecule has 0 amide bonds. The number of fused-ring (bicyclic) bond motifs is 2. The number of nitrogens with one attached hydrogen (secondary N) is 2. The Labute approximate surface area is 249 Å². The second kappa shape index (κ2) is 13.6. The van der Waals surface area contributed by atoms with Crippen LogP contribution < -0.4 is 22.1 Å². The summed E-state index contributed by atoms with van der Waals surface area (Å²) in [6.45, 7) is 3.69. The quantitative estimate of drug-likeness (QED) is 0.143. The van der Waals surface area contributed by atoms with Crippen LogP contribution in [-0.4, -0.2) is 55.8 Å². The van der Waals surface area contributed by atoms with E-state index < -0.39 is 0 Å². The average molecular weight is 575 g/mol. The number of nitrogens with two attached hydrogens (primary N) is 2. The number of phenols is 2. The van der Waals surface area contributed by atoms with Crippen molar-refractivity contribution in [3.8, 4) is 34.3 Å². The maximum Gasteiger partial charge on any atom is 0.165 e. The fourth-order valence-electron chi connectivity index (χ4n) is 4.44. The summed E-state index contributed by atoms with van der Waals surface area (Å²) in [7, 11) is 0. The third-order valence-electron chi connectivity index (χ3n) is 6.52. The molecule has 0 radical (unpaired) electrons. The molecule has 0 aliphatic heterocycles. The predicted molar refractivity (Wildman–Crippen MR) is 173 cm³/mol. The first kappa shape index (κ1) is 29.2. The summed E-state index contributed by atoms with van der Waals surface area (Å²) >= 11 is 0. The second-order valence-electron chi connectivity index (χ2n) is 9.93. The van der Waals surface area contributed by atoms with Crippen molar-refractivity contribution in [3.63, 3.8) is 0 Å². The normalized spacial score (nSPS) is 11.5. The van der Waals surface area contributed by atoms with Crippen LogP contribution in [0.25, 0.3) is 44.6 Å². The van der Waals surface area contributed by atoms with Crippen LogP contribution in [0.15, 0.2) is 97.1 Å². The van der Waals surface area contributed by atoms with E-state index in [0.717, 1.165) is 33.4 Å². The van der Waals surface area contributed by atoms with E-state index in [0.29, 0.717) is 42.4 Å². The Kier molecular flexibility index (Phi) is 9.20. The van der Waals surface area contributed by atoms with Crippen LogP contribution in [-0.2, 0) is 0 Å². The molecule has 0 aliphatic carbocycles. The third-order valence-corrected chi connectivity index (χ3v) is 6.52. The Morgan fingerprint density at radius 1 is 0.628 bits per heavy atom. The Balaban J connectivity index is 0.000000171. The van der Waals surface area contributed by atoms with Gasteiger partial charge < -0.3 is 32.3 Å². The van der Waals surface area contributed by atoms with Gasteiger partial charge in [-0.25, -0.2) is 19.9 Å². The van der Waals surface area contributed by atoms with Gasteiger partial charge >= 0.3 is 0 Å². The highest BCUT2D eigenvalue weighted by atomic mass is 16.3. The standard InChI is InChI=1S/C17H18N4O.C16H16N4O/c1-11(18)10-19-16-12-6-2-4-8-14(12)20-17(21-16)13-7-3-5-9-15(13)22;17-9-10-18-15-11-5-1-3-7-13(11)19-16(20-15)12-6-2-4-8-14(12)21/h2-9,11,22H,10,18H2,1H3,(H,19,20,21);1-8,21H,9-10,17H2,(H,18,19,20). The van der Waals surface area contributed by atoms with Gasteiger partial charge in [0.05, 0.1) is 22.2 Å². The molecule has 0 bridgehead atoms. The summed E-state index contributed by atoms with van der Waals surface area (Å²) in [5.74, 6) is 2.76. The molecule has 6 aromatic rings. The van der Waals surface area contributed by atoms with E-state index in [4.69, 9.17) is 11.5 Å². The minimum atomic E-state index is 0.0160. The molecule has 0 saturated carbocycles. The number of phenolic OH excluding ortho intramolecular Hbond substituents is 2. The largest absolute Gasteiger partial charge is 0.507 e. The van der Waals surface area contributed by atoms with Crippen LogP contribution >= 0.6 is 0 Å². The molecule has 0 aliphatic rings. The Bertz CT molecular complexity index is 1840. The van der Waals surface area contributed by atoms with Crippen molar-refractivity contribution >= 4 is 33.4 Å². The Morgan fingerprint density at radius 2 is 1.07 bits per heavy atom. The lowest BCUT2D eigenvalue weighted by Gasteiger charge is -2.13. The van der Waals surface area contributed by atoms with Crippen LogP contribution in [0.5, 0.6) is 11.5 Å². The van der Waals surface area contributed by atoms with Gasteiger partial charge in [0.1, 0.15) is 23.1 Å². The molecule has 0 saturated heterocycles. The van der Waals surface area contributed by atoms with Gasteiger partial charge in [0.2, 0.25) is 0 Å². The van der Waals surface area contributed by atoms with E-state index >= 15 is 0 Å². The summed E-state index contributed by atoms with van der Waals surface area (Å²) in [4.78, 5) is 18.2. The lowest BCUT2D eigenvalue weighted by molar-refractivity contribution is 0.476. The number of para-hydroxylation sites is 4. The molecule has 1 unspecified atom stereocenters. The van der Waals surface area contributed by atoms with Crippen LogP contribution in [0.4, 0.5) is 11.6 Å². The van der Waals surface area contributed by atoms with Crippen molar-refractivity contribution in [1.29, 1.82) is 0 Å². The molecule has 2 heterocycles. The zero-order valence-corrected chi connectivity index (χ0v) is 23.8. The van der Waals surface area contributed by atoms with E-state index in [1.807, 2.05) is 67.6 Å². The number of nitrogens with zero attached hydrogens (tertiary/aromatic N) is 4. The highest BCUT2D eigenvalue weighted by molar-refractivity contribution is 5.91. The summed E-state index contributed by atoms with van der Waals surface area (Å²) in [5, 5.41) is 28.3. The number of aromatic nitrogens is 4. The molecule has 218 valence electrons. The maximum atomic E-state index is 10.0. The molecule has 4 aromatic carbocycles. The molecule has 1 atom stereocenters. The summed E-state index contributed by atoms with van der Waals surface area (Å²) in [6, 6.07) is 29.6. The van der Waals surface area contributed by atoms with Crippen molar-refractivity contribution in [2.75, 3.05) is 30.3 Å². The van der Waals surface area contributed by atoms with E-state index in [2.05, 4.69) is 30.6 Å². The first-order chi connectivity index (χ1) is 20.9. The van der Waals surface area contributed by atoms with Crippen molar-refractivity contribution in [3.05, 3.63) is 97.1 Å². The number of hydrogen-bond acceptors (Lipinski definition) is 10. The number of aromatic hydroxyl groups is 2. The molecule has 2 aromatic heterocycles. The van der Waals surface area contributed by atoms with Gasteiger partial charge in [-0.3, -0.25) is 0 Å². The SMILES string of the molecule is CC(N)CNc1nc(-c2ccccc2O)nc2ccccc12.NCCNc1nc(-c2ccccc2O)nc2ccccc12. The molecule has 10 nitrogen and oxygen atoms in total. The molecular weight excluding hydrogens is 540 g/mol. The molecule has 43 heavy (non-hydrogen) atoms. The van der Waals surface area contributed by atoms with E-state index in [1.54, 1.807) is 36.4 Å². The van der Waals surface area contributed by atoms with Crippen LogP contribution in [0.2, 0.25) is 0 Å². The lowest BCUT2D eigenvalue weighted by Crippen LogP contribution is -2.25. The van der Waals surface area contributed by atoms with E-state index in [1.165, 1.54) is 0 Å². The van der Waals surface area contributed by atoms with E-state index in [-0.39, 0.29) is 17.5 Å². The third kappa shape index (κ3) is 6.95. The van der Waals surface area contributed by atoms with Crippen molar-refractivity contribution in [1.82, 2.24) is 19.9 Å². The number of anilines is 2. The molecule has 0 spiro atoms.